The van der Waals surface area contributed by atoms with Crippen molar-refractivity contribution in [1.29, 1.82) is 5.26 Å². The van der Waals surface area contributed by atoms with Crippen LogP contribution in [-0.4, -0.2) is 9.78 Å². The molecule has 0 radical (unpaired) electrons. The van der Waals surface area contributed by atoms with Crippen molar-refractivity contribution in [3.8, 4) is 17.3 Å². The molecule has 2 rings (SSSR count). The van der Waals surface area contributed by atoms with Gasteiger partial charge in [0.25, 0.3) is 0 Å². The molecule has 2 aromatic rings. The van der Waals surface area contributed by atoms with Gasteiger partial charge in [-0.25, -0.2) is 0 Å². The highest BCUT2D eigenvalue weighted by Gasteiger charge is 2.08. The van der Waals surface area contributed by atoms with E-state index < -0.39 is 0 Å². The number of benzene rings is 1. The van der Waals surface area contributed by atoms with Crippen LogP contribution in [0.2, 0.25) is 5.02 Å². The second-order valence-corrected chi connectivity index (χ2v) is 3.56. The molecule has 0 saturated carbocycles. The van der Waals surface area contributed by atoms with Gasteiger partial charge in [-0.2, -0.15) is 10.4 Å². The van der Waals surface area contributed by atoms with Gasteiger partial charge in [0.2, 0.25) is 0 Å². The van der Waals surface area contributed by atoms with Gasteiger partial charge in [-0.3, -0.25) is 4.68 Å². The Morgan fingerprint density at radius 2 is 2.27 bits per heavy atom. The lowest BCUT2D eigenvalue weighted by molar-refractivity contribution is 0.776. The fourth-order valence-corrected chi connectivity index (χ4v) is 1.75. The second-order valence-electron chi connectivity index (χ2n) is 3.16. The van der Waals surface area contributed by atoms with E-state index in [1.165, 1.54) is 0 Å². The molecule has 0 atom stereocenters. The molecule has 0 unspecified atom stereocenters. The van der Waals surface area contributed by atoms with Crippen LogP contribution in [0.5, 0.6) is 0 Å². The lowest BCUT2D eigenvalue weighted by atomic mass is 10.1. The summed E-state index contributed by atoms with van der Waals surface area (Å²) >= 11 is 6.01. The maximum absolute atomic E-state index is 8.79. The summed E-state index contributed by atoms with van der Waals surface area (Å²) in [5, 5.41) is 13.4. The Bertz CT molecular complexity index is 518. The first-order chi connectivity index (χ1) is 7.22. The quantitative estimate of drug-likeness (QED) is 0.737. The topological polar surface area (TPSA) is 41.6 Å². The molecule has 0 bridgehead atoms. The molecule has 0 amide bonds. The summed E-state index contributed by atoms with van der Waals surface area (Å²) in [4.78, 5) is 0. The number of nitriles is 1. The van der Waals surface area contributed by atoms with E-state index in [1.807, 2.05) is 19.2 Å². The van der Waals surface area contributed by atoms with Crippen molar-refractivity contribution < 1.29 is 0 Å². The van der Waals surface area contributed by atoms with Crippen LogP contribution in [0.4, 0.5) is 0 Å². The SMILES string of the molecule is Cn1ncc(Cl)c1-c1cccc(C#N)c1. The molecular formula is C11H8ClN3. The Hall–Kier alpha value is -1.79. The van der Waals surface area contributed by atoms with E-state index in [2.05, 4.69) is 11.2 Å². The zero-order chi connectivity index (χ0) is 10.8. The molecule has 0 N–H and O–H groups in total. The number of rotatable bonds is 1. The van der Waals surface area contributed by atoms with Gasteiger partial charge < -0.3 is 0 Å². The summed E-state index contributed by atoms with van der Waals surface area (Å²) < 4.78 is 1.69. The van der Waals surface area contributed by atoms with Crippen molar-refractivity contribution in [1.82, 2.24) is 9.78 Å². The van der Waals surface area contributed by atoms with Crippen LogP contribution >= 0.6 is 11.6 Å². The Kier molecular flexibility index (Phi) is 2.44. The van der Waals surface area contributed by atoms with Crippen molar-refractivity contribution in [3.63, 3.8) is 0 Å². The van der Waals surface area contributed by atoms with Crippen LogP contribution in [0.15, 0.2) is 30.5 Å². The van der Waals surface area contributed by atoms with Crippen LogP contribution in [0.1, 0.15) is 5.56 Å². The minimum Gasteiger partial charge on any atom is -0.266 e. The molecule has 0 aliphatic carbocycles. The lowest BCUT2D eigenvalue weighted by Gasteiger charge is -2.02. The van der Waals surface area contributed by atoms with Crippen molar-refractivity contribution in [2.24, 2.45) is 7.05 Å². The number of nitrogens with zero attached hydrogens (tertiary/aromatic N) is 3. The number of hydrogen-bond acceptors (Lipinski definition) is 2. The zero-order valence-corrected chi connectivity index (χ0v) is 8.86. The molecule has 0 spiro atoms. The third-order valence-electron chi connectivity index (χ3n) is 2.16. The van der Waals surface area contributed by atoms with Gasteiger partial charge in [0, 0.05) is 12.6 Å². The molecule has 74 valence electrons. The van der Waals surface area contributed by atoms with Crippen LogP contribution < -0.4 is 0 Å². The summed E-state index contributed by atoms with van der Waals surface area (Å²) in [6.45, 7) is 0. The highest BCUT2D eigenvalue weighted by atomic mass is 35.5. The lowest BCUT2D eigenvalue weighted by Crippen LogP contribution is -1.93. The largest absolute Gasteiger partial charge is 0.266 e. The first-order valence-corrected chi connectivity index (χ1v) is 4.78. The number of halogens is 1. The third-order valence-corrected chi connectivity index (χ3v) is 2.44. The molecule has 0 saturated heterocycles. The molecule has 1 aromatic carbocycles. The Balaban J connectivity index is 2.60. The minimum absolute atomic E-state index is 0.590. The summed E-state index contributed by atoms with van der Waals surface area (Å²) in [5.41, 5.74) is 2.34. The van der Waals surface area contributed by atoms with Crippen molar-refractivity contribution in [3.05, 3.63) is 41.0 Å². The summed E-state index contributed by atoms with van der Waals surface area (Å²) in [7, 11) is 1.82. The second kappa shape index (κ2) is 3.76. The normalized spacial score (nSPS) is 9.93. The first kappa shape index (κ1) is 9.75. The summed E-state index contributed by atoms with van der Waals surface area (Å²) in [6.07, 6.45) is 1.59. The van der Waals surface area contributed by atoms with Gasteiger partial charge in [-0.05, 0) is 12.1 Å². The third kappa shape index (κ3) is 1.72. The molecule has 15 heavy (non-hydrogen) atoms. The molecule has 0 aliphatic heterocycles. The van der Waals surface area contributed by atoms with E-state index in [-0.39, 0.29) is 0 Å². The van der Waals surface area contributed by atoms with Gasteiger partial charge in [0.1, 0.15) is 0 Å². The average molecular weight is 218 g/mol. The van der Waals surface area contributed by atoms with Crippen LogP contribution in [-0.2, 0) is 7.05 Å². The maximum atomic E-state index is 8.79. The minimum atomic E-state index is 0.590. The van der Waals surface area contributed by atoms with E-state index in [9.17, 15) is 0 Å². The van der Waals surface area contributed by atoms with Gasteiger partial charge >= 0.3 is 0 Å². The molecule has 1 heterocycles. The monoisotopic (exact) mass is 217 g/mol. The van der Waals surface area contributed by atoms with E-state index in [0.717, 1.165) is 11.3 Å². The predicted octanol–water partition coefficient (Wildman–Crippen LogP) is 2.61. The van der Waals surface area contributed by atoms with Crippen LogP contribution in [0.25, 0.3) is 11.3 Å². The molecule has 4 heteroatoms. The van der Waals surface area contributed by atoms with E-state index in [4.69, 9.17) is 16.9 Å². The van der Waals surface area contributed by atoms with Gasteiger partial charge in [-0.15, -0.1) is 0 Å². The highest BCUT2D eigenvalue weighted by molar-refractivity contribution is 6.33. The number of aryl methyl sites for hydroxylation is 1. The van der Waals surface area contributed by atoms with Crippen molar-refractivity contribution >= 4 is 11.6 Å². The van der Waals surface area contributed by atoms with E-state index in [1.54, 1.807) is 23.0 Å². The molecule has 0 aliphatic rings. The van der Waals surface area contributed by atoms with Crippen molar-refractivity contribution in [2.45, 2.75) is 0 Å². The summed E-state index contributed by atoms with van der Waals surface area (Å²) in [5.74, 6) is 0. The first-order valence-electron chi connectivity index (χ1n) is 4.40. The van der Waals surface area contributed by atoms with Crippen molar-refractivity contribution in [2.75, 3.05) is 0 Å². The Morgan fingerprint density at radius 3 is 2.87 bits per heavy atom. The van der Waals surface area contributed by atoms with E-state index >= 15 is 0 Å². The zero-order valence-electron chi connectivity index (χ0n) is 8.11. The van der Waals surface area contributed by atoms with Crippen LogP contribution in [0.3, 0.4) is 0 Å². The van der Waals surface area contributed by atoms with Gasteiger partial charge in [0.15, 0.2) is 0 Å². The fraction of sp³-hybridized carbons (Fsp3) is 0.0909. The standard InChI is InChI=1S/C11H8ClN3/c1-15-11(10(12)7-14-15)9-4-2-3-8(5-9)6-13/h2-5,7H,1H3. The highest BCUT2D eigenvalue weighted by Crippen LogP contribution is 2.27. The Morgan fingerprint density at radius 1 is 1.47 bits per heavy atom. The van der Waals surface area contributed by atoms with E-state index in [0.29, 0.717) is 10.6 Å². The van der Waals surface area contributed by atoms with Crippen LogP contribution in [0, 0.1) is 11.3 Å². The smallest absolute Gasteiger partial charge is 0.0991 e. The molecule has 3 nitrogen and oxygen atoms in total. The number of hydrogen-bond donors (Lipinski definition) is 0. The molecular weight excluding hydrogens is 210 g/mol. The molecule has 1 aromatic heterocycles. The molecule has 0 fully saturated rings. The van der Waals surface area contributed by atoms with Gasteiger partial charge in [-0.1, -0.05) is 23.7 Å². The maximum Gasteiger partial charge on any atom is 0.0991 e. The summed E-state index contributed by atoms with van der Waals surface area (Å²) in [6, 6.07) is 9.38. The Labute approximate surface area is 92.5 Å². The van der Waals surface area contributed by atoms with Gasteiger partial charge in [0.05, 0.1) is 28.5 Å². The average Bonchev–Trinajstić information content (AvgIpc) is 2.59. The number of aromatic nitrogens is 2. The predicted molar refractivity (Wildman–Crippen MR) is 58.4 cm³/mol. The fourth-order valence-electron chi connectivity index (χ4n) is 1.47.